The predicted octanol–water partition coefficient (Wildman–Crippen LogP) is 3.18. The molecule has 2 heterocycles. The molecule has 0 radical (unpaired) electrons. The lowest BCUT2D eigenvalue weighted by molar-refractivity contribution is -0.144. The number of urea groups is 1. The normalized spacial score (nSPS) is 17.1. The maximum Gasteiger partial charge on any atom is 0.320 e. The zero-order chi connectivity index (χ0) is 26.2. The second kappa shape index (κ2) is 12.8. The quantitative estimate of drug-likeness (QED) is 0.575. The van der Waals surface area contributed by atoms with Gasteiger partial charge in [-0.25, -0.2) is 4.79 Å². The summed E-state index contributed by atoms with van der Waals surface area (Å²) in [5, 5.41) is 6.03. The second-order valence-electron chi connectivity index (χ2n) is 9.22. The fourth-order valence-electron chi connectivity index (χ4n) is 4.75. The van der Waals surface area contributed by atoms with Crippen molar-refractivity contribution in [3.05, 3.63) is 59.1 Å². The Morgan fingerprint density at radius 2 is 1.73 bits per heavy atom. The van der Waals surface area contributed by atoms with Crippen LogP contribution in [0.15, 0.2) is 48.5 Å². The molecule has 2 saturated heterocycles. The first-order valence-electron chi connectivity index (χ1n) is 12.5. The van der Waals surface area contributed by atoms with Gasteiger partial charge in [-0.2, -0.15) is 0 Å². The van der Waals surface area contributed by atoms with Crippen molar-refractivity contribution in [1.82, 2.24) is 15.1 Å². The molecule has 2 fully saturated rings. The number of benzene rings is 2. The van der Waals surface area contributed by atoms with Gasteiger partial charge in [0.2, 0.25) is 11.8 Å². The number of morpholine rings is 1. The van der Waals surface area contributed by atoms with Crippen molar-refractivity contribution in [2.24, 2.45) is 5.92 Å². The molecule has 0 bridgehead atoms. The van der Waals surface area contributed by atoms with Crippen molar-refractivity contribution in [2.75, 3.05) is 51.8 Å². The Bertz CT molecular complexity index is 1090. The molecule has 198 valence electrons. The van der Waals surface area contributed by atoms with Crippen molar-refractivity contribution in [2.45, 2.75) is 25.3 Å². The monoisotopic (exact) mass is 528 g/mol. The Morgan fingerprint density at radius 3 is 2.41 bits per heavy atom. The summed E-state index contributed by atoms with van der Waals surface area (Å²) in [6, 6.07) is 13.1. The highest BCUT2D eigenvalue weighted by atomic mass is 35.5. The molecule has 10 heteroatoms. The van der Waals surface area contributed by atoms with E-state index < -0.39 is 12.1 Å². The minimum absolute atomic E-state index is 0.0960. The smallest absolute Gasteiger partial charge is 0.320 e. The SMILES string of the molecule is COc1ccc(Cl)cc1NC(=O)N[C@@H](Cc1ccccc1)C(=O)N1CCC(C(=O)N2CCOCC2)CC1. The Labute approximate surface area is 222 Å². The number of likely N-dealkylation sites (tertiary alicyclic amines) is 1. The molecule has 0 unspecified atom stereocenters. The lowest BCUT2D eigenvalue weighted by atomic mass is 9.94. The van der Waals surface area contributed by atoms with E-state index in [1.807, 2.05) is 35.2 Å². The van der Waals surface area contributed by atoms with Crippen LogP contribution < -0.4 is 15.4 Å². The minimum Gasteiger partial charge on any atom is -0.495 e. The van der Waals surface area contributed by atoms with E-state index in [1.54, 1.807) is 23.1 Å². The van der Waals surface area contributed by atoms with Gasteiger partial charge < -0.3 is 29.9 Å². The summed E-state index contributed by atoms with van der Waals surface area (Å²) in [7, 11) is 1.50. The van der Waals surface area contributed by atoms with E-state index in [9.17, 15) is 14.4 Å². The van der Waals surface area contributed by atoms with Crippen LogP contribution in [0.3, 0.4) is 0 Å². The van der Waals surface area contributed by atoms with Crippen molar-refractivity contribution in [3.8, 4) is 5.75 Å². The fraction of sp³-hybridized carbons (Fsp3) is 0.444. The number of amides is 4. The van der Waals surface area contributed by atoms with E-state index in [0.717, 1.165) is 5.56 Å². The highest BCUT2D eigenvalue weighted by Gasteiger charge is 2.33. The molecule has 37 heavy (non-hydrogen) atoms. The molecule has 0 saturated carbocycles. The zero-order valence-corrected chi connectivity index (χ0v) is 21.7. The van der Waals surface area contributed by atoms with Crippen LogP contribution in [0.1, 0.15) is 18.4 Å². The number of carbonyl (C=O) groups excluding carboxylic acids is 3. The summed E-state index contributed by atoms with van der Waals surface area (Å²) in [5.41, 5.74) is 1.33. The van der Waals surface area contributed by atoms with Gasteiger partial charge >= 0.3 is 6.03 Å². The number of rotatable bonds is 7. The average Bonchev–Trinajstić information content (AvgIpc) is 2.93. The highest BCUT2D eigenvalue weighted by Crippen LogP contribution is 2.27. The van der Waals surface area contributed by atoms with Gasteiger partial charge in [0.25, 0.3) is 0 Å². The van der Waals surface area contributed by atoms with Crippen LogP contribution in [0.25, 0.3) is 0 Å². The van der Waals surface area contributed by atoms with E-state index in [4.69, 9.17) is 21.1 Å². The summed E-state index contributed by atoms with van der Waals surface area (Å²) >= 11 is 6.08. The number of methoxy groups -OCH3 is 1. The van der Waals surface area contributed by atoms with E-state index in [2.05, 4.69) is 10.6 Å². The summed E-state index contributed by atoms with van der Waals surface area (Å²) in [6.07, 6.45) is 1.55. The van der Waals surface area contributed by atoms with Crippen LogP contribution in [0, 0.1) is 5.92 Å². The van der Waals surface area contributed by atoms with E-state index in [0.29, 0.717) is 75.1 Å². The van der Waals surface area contributed by atoms with Gasteiger partial charge in [-0.1, -0.05) is 41.9 Å². The number of anilines is 1. The lowest BCUT2D eigenvalue weighted by Gasteiger charge is -2.36. The number of hydrogen-bond acceptors (Lipinski definition) is 5. The van der Waals surface area contributed by atoms with Crippen molar-refractivity contribution >= 4 is 35.1 Å². The van der Waals surface area contributed by atoms with Gasteiger partial charge in [-0.3, -0.25) is 9.59 Å². The first-order chi connectivity index (χ1) is 17.9. The van der Waals surface area contributed by atoms with Crippen molar-refractivity contribution in [3.63, 3.8) is 0 Å². The third kappa shape index (κ3) is 7.14. The summed E-state index contributed by atoms with van der Waals surface area (Å²) < 4.78 is 10.7. The van der Waals surface area contributed by atoms with Crippen LogP contribution in [0.4, 0.5) is 10.5 Å². The van der Waals surface area contributed by atoms with Crippen LogP contribution in [0.2, 0.25) is 5.02 Å². The summed E-state index contributed by atoms with van der Waals surface area (Å²) in [6.45, 7) is 3.31. The molecule has 2 N–H and O–H groups in total. The number of hydrogen-bond donors (Lipinski definition) is 2. The van der Waals surface area contributed by atoms with E-state index in [-0.39, 0.29) is 17.7 Å². The van der Waals surface area contributed by atoms with E-state index in [1.165, 1.54) is 7.11 Å². The average molecular weight is 529 g/mol. The number of halogens is 1. The Balaban J connectivity index is 1.41. The van der Waals surface area contributed by atoms with Gasteiger partial charge in [-0.15, -0.1) is 0 Å². The first-order valence-corrected chi connectivity index (χ1v) is 12.9. The third-order valence-corrected chi connectivity index (χ3v) is 7.01. The molecule has 2 aliphatic rings. The van der Waals surface area contributed by atoms with Gasteiger partial charge in [0.1, 0.15) is 11.8 Å². The molecule has 0 spiro atoms. The van der Waals surface area contributed by atoms with Gasteiger partial charge in [0.15, 0.2) is 0 Å². The molecule has 2 aliphatic heterocycles. The molecule has 1 atom stereocenters. The largest absolute Gasteiger partial charge is 0.495 e. The second-order valence-corrected chi connectivity index (χ2v) is 9.66. The van der Waals surface area contributed by atoms with Crippen LogP contribution in [0.5, 0.6) is 5.75 Å². The Hall–Kier alpha value is -3.30. The molecular weight excluding hydrogens is 496 g/mol. The maximum atomic E-state index is 13.6. The van der Waals surface area contributed by atoms with Gasteiger partial charge in [0.05, 0.1) is 26.0 Å². The van der Waals surface area contributed by atoms with Crippen LogP contribution in [-0.2, 0) is 20.7 Å². The fourth-order valence-corrected chi connectivity index (χ4v) is 4.93. The van der Waals surface area contributed by atoms with E-state index >= 15 is 0 Å². The molecule has 9 nitrogen and oxygen atoms in total. The minimum atomic E-state index is -0.779. The predicted molar refractivity (Wildman–Crippen MR) is 141 cm³/mol. The van der Waals surface area contributed by atoms with Crippen molar-refractivity contribution in [1.29, 1.82) is 0 Å². The van der Waals surface area contributed by atoms with Crippen LogP contribution in [-0.4, -0.2) is 80.2 Å². The number of ether oxygens (including phenoxy) is 2. The molecule has 2 aromatic rings. The van der Waals surface area contributed by atoms with Crippen LogP contribution >= 0.6 is 11.6 Å². The third-order valence-electron chi connectivity index (χ3n) is 6.77. The summed E-state index contributed by atoms with van der Waals surface area (Å²) in [4.78, 5) is 43.0. The Morgan fingerprint density at radius 1 is 1.03 bits per heavy atom. The molecular formula is C27H33ClN4O5. The number of nitrogens with zero attached hydrogens (tertiary/aromatic N) is 2. The molecule has 0 aliphatic carbocycles. The standard InChI is InChI=1S/C27H33ClN4O5/c1-36-24-8-7-21(28)18-22(24)29-27(35)30-23(17-19-5-3-2-4-6-19)26(34)31-11-9-20(10-12-31)25(33)32-13-15-37-16-14-32/h2-8,18,20,23H,9-17H2,1H3,(H2,29,30,35)/t23-/m0/s1. The number of piperidine rings is 1. The molecule has 0 aromatic heterocycles. The molecule has 4 amide bonds. The first kappa shape index (κ1) is 26.8. The van der Waals surface area contributed by atoms with Gasteiger partial charge in [0, 0.05) is 43.5 Å². The van der Waals surface area contributed by atoms with Crippen molar-refractivity contribution < 1.29 is 23.9 Å². The maximum absolute atomic E-state index is 13.6. The number of nitrogens with one attached hydrogen (secondary N) is 2. The summed E-state index contributed by atoms with van der Waals surface area (Å²) in [5.74, 6) is 0.331. The highest BCUT2D eigenvalue weighted by molar-refractivity contribution is 6.31. The Kier molecular flexibility index (Phi) is 9.24. The lowest BCUT2D eigenvalue weighted by Crippen LogP contribution is -2.53. The molecule has 2 aromatic carbocycles. The number of carbonyl (C=O) groups is 3. The van der Waals surface area contributed by atoms with Gasteiger partial charge in [-0.05, 0) is 36.6 Å². The molecule has 4 rings (SSSR count). The zero-order valence-electron chi connectivity index (χ0n) is 21.0. The topological polar surface area (TPSA) is 100 Å².